The van der Waals surface area contributed by atoms with E-state index in [4.69, 9.17) is 4.74 Å². The number of carbonyl (C=O) groups excluding carboxylic acids is 2. The Balaban J connectivity index is 1.79. The Morgan fingerprint density at radius 2 is 1.25 bits per heavy atom. The second-order valence-corrected chi connectivity index (χ2v) is 5.84. The van der Waals surface area contributed by atoms with Gasteiger partial charge in [0.1, 0.15) is 17.4 Å². The molecule has 0 fully saturated rings. The van der Waals surface area contributed by atoms with Crippen molar-refractivity contribution in [2.75, 3.05) is 17.7 Å². The molecule has 0 unspecified atom stereocenters. The molecule has 0 saturated carbocycles. The van der Waals surface area contributed by atoms with Crippen molar-refractivity contribution in [3.63, 3.8) is 0 Å². The summed E-state index contributed by atoms with van der Waals surface area (Å²) < 4.78 is 31.2. The van der Waals surface area contributed by atoms with Gasteiger partial charge in [-0.25, -0.2) is 8.78 Å². The summed E-state index contributed by atoms with van der Waals surface area (Å²) in [5, 5.41) is 5.34. The second-order valence-electron chi connectivity index (χ2n) is 5.84. The lowest BCUT2D eigenvalue weighted by molar-refractivity contribution is 0.101. The Labute approximate surface area is 160 Å². The van der Waals surface area contributed by atoms with E-state index in [1.165, 1.54) is 61.7 Å². The molecule has 0 aliphatic rings. The van der Waals surface area contributed by atoms with Gasteiger partial charge in [0.05, 0.1) is 12.8 Å². The van der Waals surface area contributed by atoms with Crippen molar-refractivity contribution in [3.05, 3.63) is 89.5 Å². The van der Waals surface area contributed by atoms with Crippen molar-refractivity contribution in [2.45, 2.75) is 0 Å². The van der Waals surface area contributed by atoms with Crippen molar-refractivity contribution in [1.29, 1.82) is 0 Å². The molecule has 0 spiro atoms. The Hall–Kier alpha value is -3.74. The molecule has 2 amide bonds. The van der Waals surface area contributed by atoms with E-state index in [0.29, 0.717) is 17.1 Å². The second kappa shape index (κ2) is 8.30. The highest BCUT2D eigenvalue weighted by Crippen LogP contribution is 2.28. The number of methoxy groups -OCH3 is 1. The van der Waals surface area contributed by atoms with Gasteiger partial charge in [-0.2, -0.15) is 0 Å². The first-order valence-corrected chi connectivity index (χ1v) is 8.28. The van der Waals surface area contributed by atoms with Crippen LogP contribution in [0.2, 0.25) is 0 Å². The van der Waals surface area contributed by atoms with Crippen LogP contribution in [-0.4, -0.2) is 18.9 Å². The molecule has 3 aromatic rings. The predicted molar refractivity (Wildman–Crippen MR) is 102 cm³/mol. The molecule has 0 bridgehead atoms. The maximum atomic E-state index is 13.0. The van der Waals surface area contributed by atoms with Crippen LogP contribution in [0.1, 0.15) is 20.7 Å². The molecule has 3 rings (SSSR count). The molecule has 3 aromatic carbocycles. The zero-order valence-electron chi connectivity index (χ0n) is 14.8. The third-order valence-electron chi connectivity index (χ3n) is 3.92. The molecule has 142 valence electrons. The number of carbonyl (C=O) groups is 2. The molecular formula is C21H16F2N2O3. The highest BCUT2D eigenvalue weighted by atomic mass is 19.1. The van der Waals surface area contributed by atoms with Crippen LogP contribution in [0, 0.1) is 11.6 Å². The minimum atomic E-state index is -0.458. The Kier molecular flexibility index (Phi) is 5.64. The van der Waals surface area contributed by atoms with Gasteiger partial charge in [0.2, 0.25) is 0 Å². The monoisotopic (exact) mass is 382 g/mol. The number of nitrogens with one attached hydrogen (secondary N) is 2. The molecule has 0 radical (unpaired) electrons. The van der Waals surface area contributed by atoms with Gasteiger partial charge in [-0.1, -0.05) is 0 Å². The third-order valence-corrected chi connectivity index (χ3v) is 3.92. The number of hydrogen-bond acceptors (Lipinski definition) is 3. The smallest absolute Gasteiger partial charge is 0.255 e. The van der Waals surface area contributed by atoms with Crippen LogP contribution < -0.4 is 15.4 Å². The largest absolute Gasteiger partial charge is 0.495 e. The average molecular weight is 382 g/mol. The van der Waals surface area contributed by atoms with Crippen LogP contribution >= 0.6 is 0 Å². The number of ether oxygens (including phenoxy) is 1. The van der Waals surface area contributed by atoms with E-state index in [1.54, 1.807) is 12.1 Å². The van der Waals surface area contributed by atoms with Gasteiger partial charge in [-0.3, -0.25) is 9.59 Å². The molecule has 0 aromatic heterocycles. The van der Waals surface area contributed by atoms with Crippen molar-refractivity contribution in [3.8, 4) is 5.75 Å². The molecule has 0 heterocycles. The predicted octanol–water partition coefficient (Wildman–Crippen LogP) is 4.48. The Morgan fingerprint density at radius 1 is 0.750 bits per heavy atom. The molecule has 0 atom stereocenters. The van der Waals surface area contributed by atoms with Crippen LogP contribution in [0.4, 0.5) is 20.2 Å². The van der Waals surface area contributed by atoms with Gasteiger partial charge in [0.15, 0.2) is 0 Å². The van der Waals surface area contributed by atoms with Crippen molar-refractivity contribution in [1.82, 2.24) is 0 Å². The quantitative estimate of drug-likeness (QED) is 0.684. The summed E-state index contributed by atoms with van der Waals surface area (Å²) in [6.45, 7) is 0. The van der Waals surface area contributed by atoms with Gasteiger partial charge in [0, 0.05) is 16.8 Å². The topological polar surface area (TPSA) is 67.4 Å². The van der Waals surface area contributed by atoms with E-state index < -0.39 is 23.4 Å². The minimum absolute atomic E-state index is 0.268. The number of hydrogen-bond donors (Lipinski definition) is 2. The van der Waals surface area contributed by atoms with Crippen molar-refractivity contribution in [2.24, 2.45) is 0 Å². The fraction of sp³-hybridized carbons (Fsp3) is 0.0476. The first kappa shape index (κ1) is 19.0. The Bertz CT molecular complexity index is 1000. The van der Waals surface area contributed by atoms with E-state index in [0.717, 1.165) is 0 Å². The summed E-state index contributed by atoms with van der Waals surface area (Å²) in [4.78, 5) is 24.6. The molecular weight excluding hydrogens is 366 g/mol. The standard InChI is InChI=1S/C21H16F2N2O3/c1-28-19-11-10-17(24-20(26)13-2-6-15(22)7-3-13)12-18(19)25-21(27)14-4-8-16(23)9-5-14/h2-12H,1H3,(H,24,26)(H,25,27). The number of benzene rings is 3. The van der Waals surface area contributed by atoms with E-state index in [-0.39, 0.29) is 11.1 Å². The highest BCUT2D eigenvalue weighted by Gasteiger charge is 2.13. The van der Waals surface area contributed by atoms with Gasteiger partial charge in [0.25, 0.3) is 11.8 Å². The fourth-order valence-corrected chi connectivity index (χ4v) is 2.48. The van der Waals surface area contributed by atoms with Crippen LogP contribution in [0.5, 0.6) is 5.75 Å². The maximum Gasteiger partial charge on any atom is 0.255 e. The number of halogens is 2. The lowest BCUT2D eigenvalue weighted by Gasteiger charge is -2.13. The zero-order valence-corrected chi connectivity index (χ0v) is 14.8. The van der Waals surface area contributed by atoms with Crippen LogP contribution in [0.25, 0.3) is 0 Å². The summed E-state index contributed by atoms with van der Waals surface area (Å²) in [6.07, 6.45) is 0. The molecule has 0 saturated heterocycles. The molecule has 28 heavy (non-hydrogen) atoms. The highest BCUT2D eigenvalue weighted by molar-refractivity contribution is 6.07. The van der Waals surface area contributed by atoms with Crippen LogP contribution in [0.15, 0.2) is 66.7 Å². The lowest BCUT2D eigenvalue weighted by atomic mass is 10.1. The molecule has 5 nitrogen and oxygen atoms in total. The SMILES string of the molecule is COc1ccc(NC(=O)c2ccc(F)cc2)cc1NC(=O)c1ccc(F)cc1. The maximum absolute atomic E-state index is 13.0. The van der Waals surface area contributed by atoms with Crippen LogP contribution in [-0.2, 0) is 0 Å². The van der Waals surface area contributed by atoms with Crippen molar-refractivity contribution < 1.29 is 23.1 Å². The normalized spacial score (nSPS) is 10.2. The lowest BCUT2D eigenvalue weighted by Crippen LogP contribution is -2.14. The molecule has 7 heteroatoms. The van der Waals surface area contributed by atoms with Crippen LogP contribution in [0.3, 0.4) is 0 Å². The Morgan fingerprint density at radius 3 is 1.75 bits per heavy atom. The molecule has 0 aliphatic heterocycles. The fourth-order valence-electron chi connectivity index (χ4n) is 2.48. The number of amides is 2. The first-order valence-electron chi connectivity index (χ1n) is 8.28. The van der Waals surface area contributed by atoms with Gasteiger partial charge in [-0.15, -0.1) is 0 Å². The zero-order chi connectivity index (χ0) is 20.1. The van der Waals surface area contributed by atoms with E-state index in [1.807, 2.05) is 0 Å². The van der Waals surface area contributed by atoms with Gasteiger partial charge < -0.3 is 15.4 Å². The summed E-state index contributed by atoms with van der Waals surface area (Å²) >= 11 is 0. The number of anilines is 2. The summed E-state index contributed by atoms with van der Waals surface area (Å²) in [7, 11) is 1.44. The van der Waals surface area contributed by atoms with E-state index in [2.05, 4.69) is 10.6 Å². The molecule has 2 N–H and O–H groups in total. The minimum Gasteiger partial charge on any atom is -0.495 e. The summed E-state index contributed by atoms with van der Waals surface area (Å²) in [6, 6.07) is 14.9. The van der Waals surface area contributed by atoms with Gasteiger partial charge in [-0.05, 0) is 66.7 Å². The van der Waals surface area contributed by atoms with E-state index >= 15 is 0 Å². The van der Waals surface area contributed by atoms with Gasteiger partial charge >= 0.3 is 0 Å². The van der Waals surface area contributed by atoms with Crippen molar-refractivity contribution >= 4 is 23.2 Å². The summed E-state index contributed by atoms with van der Waals surface area (Å²) in [5.74, 6) is -1.39. The first-order chi connectivity index (χ1) is 13.5. The summed E-state index contributed by atoms with van der Waals surface area (Å²) in [5.41, 5.74) is 1.29. The third kappa shape index (κ3) is 4.50. The van der Waals surface area contributed by atoms with E-state index in [9.17, 15) is 18.4 Å². The number of rotatable bonds is 5. The average Bonchev–Trinajstić information content (AvgIpc) is 2.69. The molecule has 0 aliphatic carbocycles.